The van der Waals surface area contributed by atoms with Gasteiger partial charge in [0, 0.05) is 11.9 Å². The van der Waals surface area contributed by atoms with E-state index < -0.39 is 0 Å². The van der Waals surface area contributed by atoms with Crippen LogP contribution in [0.3, 0.4) is 0 Å². The number of rotatable bonds is 5. The van der Waals surface area contributed by atoms with Gasteiger partial charge in [-0.15, -0.1) is 0 Å². The van der Waals surface area contributed by atoms with Crippen molar-refractivity contribution in [2.45, 2.75) is 71.8 Å². The maximum absolute atomic E-state index is 4.62. The summed E-state index contributed by atoms with van der Waals surface area (Å²) in [5.74, 6) is 1.00. The third-order valence-electron chi connectivity index (χ3n) is 4.31. The van der Waals surface area contributed by atoms with Gasteiger partial charge in [-0.1, -0.05) is 52.0 Å². The zero-order valence-corrected chi connectivity index (χ0v) is 14.9. The standard InChI is InChI=1S/C20H30N2/c1-14(2)16-10-9-11-17(15(3)4)19(16)22-20(5,6)18-12-7-8-13-21-18/h9-15,22H,7-8H2,1-6H3. The maximum Gasteiger partial charge on any atom is 0.0736 e. The zero-order valence-electron chi connectivity index (χ0n) is 14.9. The van der Waals surface area contributed by atoms with E-state index in [2.05, 4.69) is 76.1 Å². The fourth-order valence-electron chi connectivity index (χ4n) is 3.00. The maximum atomic E-state index is 4.62. The summed E-state index contributed by atoms with van der Waals surface area (Å²) in [5.41, 5.74) is 5.05. The molecular weight excluding hydrogens is 268 g/mol. The Hall–Kier alpha value is -1.57. The van der Waals surface area contributed by atoms with Crippen molar-refractivity contribution in [2.75, 3.05) is 5.32 Å². The van der Waals surface area contributed by atoms with Crippen LogP contribution in [-0.4, -0.2) is 11.8 Å². The Labute approximate surface area is 135 Å². The van der Waals surface area contributed by atoms with Gasteiger partial charge in [-0.2, -0.15) is 0 Å². The molecule has 0 unspecified atom stereocenters. The normalized spacial score (nSPS) is 15.4. The number of nitrogens with one attached hydrogen (secondary N) is 1. The number of anilines is 1. The van der Waals surface area contributed by atoms with Crippen molar-refractivity contribution in [3.63, 3.8) is 0 Å². The molecule has 0 fully saturated rings. The van der Waals surface area contributed by atoms with Gasteiger partial charge < -0.3 is 5.32 Å². The molecule has 0 atom stereocenters. The van der Waals surface area contributed by atoms with E-state index in [0.717, 1.165) is 18.5 Å². The van der Waals surface area contributed by atoms with E-state index >= 15 is 0 Å². The van der Waals surface area contributed by atoms with Crippen LogP contribution in [0.2, 0.25) is 0 Å². The highest BCUT2D eigenvalue weighted by Crippen LogP contribution is 2.36. The van der Waals surface area contributed by atoms with Crippen molar-refractivity contribution in [3.05, 3.63) is 41.1 Å². The van der Waals surface area contributed by atoms with E-state index in [9.17, 15) is 0 Å². The molecule has 2 rings (SSSR count). The summed E-state index contributed by atoms with van der Waals surface area (Å²) in [4.78, 5) is 4.62. The van der Waals surface area contributed by atoms with Crippen LogP contribution in [0.5, 0.6) is 0 Å². The van der Waals surface area contributed by atoms with E-state index in [0.29, 0.717) is 11.8 Å². The molecule has 0 saturated carbocycles. The Bertz CT molecular complexity index is 551. The molecule has 1 N–H and O–H groups in total. The Morgan fingerprint density at radius 3 is 2.05 bits per heavy atom. The van der Waals surface area contributed by atoms with Gasteiger partial charge in [-0.05, 0) is 49.7 Å². The highest BCUT2D eigenvalue weighted by Gasteiger charge is 2.26. The first kappa shape index (κ1) is 16.8. The van der Waals surface area contributed by atoms with Crippen LogP contribution < -0.4 is 5.32 Å². The molecule has 1 aliphatic rings. The largest absolute Gasteiger partial charge is 0.374 e. The number of hydrogen-bond donors (Lipinski definition) is 1. The van der Waals surface area contributed by atoms with Crippen LogP contribution in [0.25, 0.3) is 0 Å². The van der Waals surface area contributed by atoms with E-state index in [1.54, 1.807) is 0 Å². The topological polar surface area (TPSA) is 24.4 Å². The second-order valence-corrected chi connectivity index (χ2v) is 7.35. The van der Waals surface area contributed by atoms with Crippen LogP contribution >= 0.6 is 0 Å². The summed E-state index contributed by atoms with van der Waals surface area (Å²) in [6, 6.07) is 6.67. The van der Waals surface area contributed by atoms with Gasteiger partial charge in [0.25, 0.3) is 0 Å². The van der Waals surface area contributed by atoms with E-state index in [-0.39, 0.29) is 5.54 Å². The molecule has 1 heterocycles. The third kappa shape index (κ3) is 3.60. The fraction of sp³-hybridized carbons (Fsp3) is 0.550. The minimum absolute atomic E-state index is 0.161. The number of para-hydroxylation sites is 1. The van der Waals surface area contributed by atoms with Crippen LogP contribution in [0.4, 0.5) is 5.69 Å². The predicted octanol–water partition coefficient (Wildman–Crippen LogP) is 5.87. The van der Waals surface area contributed by atoms with Crippen molar-refractivity contribution in [1.82, 2.24) is 0 Å². The number of benzene rings is 1. The van der Waals surface area contributed by atoms with Gasteiger partial charge in [0.2, 0.25) is 0 Å². The molecule has 120 valence electrons. The quantitative estimate of drug-likeness (QED) is 0.722. The molecule has 22 heavy (non-hydrogen) atoms. The number of allylic oxidation sites excluding steroid dienone is 1. The minimum atomic E-state index is -0.161. The first-order valence-electron chi connectivity index (χ1n) is 8.47. The first-order chi connectivity index (χ1) is 10.3. The van der Waals surface area contributed by atoms with Gasteiger partial charge in [0.05, 0.1) is 11.2 Å². The molecule has 0 radical (unpaired) electrons. The minimum Gasteiger partial charge on any atom is -0.374 e. The van der Waals surface area contributed by atoms with Crippen molar-refractivity contribution in [1.29, 1.82) is 0 Å². The predicted molar refractivity (Wildman–Crippen MR) is 98.1 cm³/mol. The van der Waals surface area contributed by atoms with Crippen LogP contribution in [0, 0.1) is 0 Å². The third-order valence-corrected chi connectivity index (χ3v) is 4.31. The summed E-state index contributed by atoms with van der Waals surface area (Å²) >= 11 is 0. The number of aliphatic imine (C=N–C) groups is 1. The van der Waals surface area contributed by atoms with E-state index in [4.69, 9.17) is 0 Å². The lowest BCUT2D eigenvalue weighted by Crippen LogP contribution is -2.34. The summed E-state index contributed by atoms with van der Waals surface area (Å²) in [6.45, 7) is 13.5. The van der Waals surface area contributed by atoms with Crippen LogP contribution in [0.1, 0.15) is 77.3 Å². The van der Waals surface area contributed by atoms with E-state index in [1.807, 2.05) is 6.21 Å². The summed E-state index contributed by atoms with van der Waals surface area (Å²) in [5, 5.41) is 3.81. The van der Waals surface area contributed by atoms with Crippen molar-refractivity contribution >= 4 is 11.9 Å². The fourth-order valence-corrected chi connectivity index (χ4v) is 3.00. The molecule has 0 spiro atoms. The summed E-state index contributed by atoms with van der Waals surface area (Å²) in [6.07, 6.45) is 6.45. The Kier molecular flexibility index (Phi) is 5.10. The Morgan fingerprint density at radius 2 is 1.59 bits per heavy atom. The SMILES string of the molecule is CC(C)c1cccc(C(C)C)c1NC(C)(C)C1=CCCC=N1. The first-order valence-corrected chi connectivity index (χ1v) is 8.47. The molecule has 0 aromatic heterocycles. The van der Waals surface area contributed by atoms with Gasteiger partial charge in [0.1, 0.15) is 0 Å². The lowest BCUT2D eigenvalue weighted by Gasteiger charge is -2.33. The monoisotopic (exact) mass is 298 g/mol. The molecule has 0 aliphatic carbocycles. The van der Waals surface area contributed by atoms with Crippen LogP contribution in [-0.2, 0) is 0 Å². The van der Waals surface area contributed by atoms with Crippen molar-refractivity contribution in [3.8, 4) is 0 Å². The number of hydrogen-bond acceptors (Lipinski definition) is 2. The number of nitrogens with zero attached hydrogens (tertiary/aromatic N) is 1. The molecule has 0 amide bonds. The van der Waals surface area contributed by atoms with Gasteiger partial charge in [-0.25, -0.2) is 0 Å². The van der Waals surface area contributed by atoms with Gasteiger partial charge in [-0.3, -0.25) is 4.99 Å². The Balaban J connectivity index is 2.43. The summed E-state index contributed by atoms with van der Waals surface area (Å²) < 4.78 is 0. The van der Waals surface area contributed by atoms with E-state index in [1.165, 1.54) is 16.8 Å². The van der Waals surface area contributed by atoms with Crippen molar-refractivity contribution < 1.29 is 0 Å². The average molecular weight is 298 g/mol. The molecule has 1 aliphatic heterocycles. The summed E-state index contributed by atoms with van der Waals surface area (Å²) in [7, 11) is 0. The Morgan fingerprint density at radius 1 is 1.00 bits per heavy atom. The molecule has 2 nitrogen and oxygen atoms in total. The molecular formula is C20H30N2. The second kappa shape index (κ2) is 6.68. The average Bonchev–Trinajstić information content (AvgIpc) is 2.47. The lowest BCUT2D eigenvalue weighted by atomic mass is 9.90. The van der Waals surface area contributed by atoms with Gasteiger partial charge >= 0.3 is 0 Å². The molecule has 0 saturated heterocycles. The van der Waals surface area contributed by atoms with Crippen molar-refractivity contribution in [2.24, 2.45) is 4.99 Å². The highest BCUT2D eigenvalue weighted by molar-refractivity contribution is 5.65. The van der Waals surface area contributed by atoms with Crippen LogP contribution in [0.15, 0.2) is 35.0 Å². The molecule has 1 aromatic rings. The molecule has 2 heteroatoms. The lowest BCUT2D eigenvalue weighted by molar-refractivity contribution is 0.643. The highest BCUT2D eigenvalue weighted by atomic mass is 15.0. The molecule has 0 bridgehead atoms. The second-order valence-electron chi connectivity index (χ2n) is 7.35. The van der Waals surface area contributed by atoms with Gasteiger partial charge in [0.15, 0.2) is 0 Å². The zero-order chi connectivity index (χ0) is 16.3. The molecule has 1 aromatic carbocycles. The smallest absolute Gasteiger partial charge is 0.0736 e.